The molecule has 2 heteroatoms. The minimum atomic E-state index is -0.0654. The molecule has 11 aromatic rings. The Kier molecular flexibility index (Phi) is 9.98. The molecule has 0 amide bonds. The lowest BCUT2D eigenvalue weighted by Crippen LogP contribution is -2.14. The van der Waals surface area contributed by atoms with Crippen LogP contribution in [0.15, 0.2) is 224 Å². The second-order valence-electron chi connectivity index (χ2n) is 19.9. The Morgan fingerprint density at radius 1 is 0.420 bits per heavy atom. The van der Waals surface area contributed by atoms with Crippen LogP contribution in [-0.4, -0.2) is 4.57 Å². The number of rotatable bonds is 8. The van der Waals surface area contributed by atoms with Crippen molar-refractivity contribution in [1.29, 1.82) is 0 Å². The molecular formula is C67H54N2. The van der Waals surface area contributed by atoms with Crippen LogP contribution >= 0.6 is 0 Å². The molecule has 2 aliphatic carbocycles. The van der Waals surface area contributed by atoms with E-state index in [-0.39, 0.29) is 5.41 Å². The highest BCUT2D eigenvalue weighted by atomic mass is 15.1. The molecule has 2 aliphatic rings. The van der Waals surface area contributed by atoms with E-state index < -0.39 is 0 Å². The van der Waals surface area contributed by atoms with Crippen LogP contribution in [0.5, 0.6) is 0 Å². The molecule has 0 unspecified atom stereocenters. The van der Waals surface area contributed by atoms with Gasteiger partial charge in [0.05, 0.1) is 22.4 Å². The van der Waals surface area contributed by atoms with Crippen molar-refractivity contribution in [3.05, 3.63) is 241 Å². The summed E-state index contributed by atoms with van der Waals surface area (Å²) in [5.41, 5.74) is 21.2. The number of nitrogens with zero attached hydrogens (tertiary/aromatic N) is 2. The van der Waals surface area contributed by atoms with Crippen molar-refractivity contribution in [3.63, 3.8) is 0 Å². The summed E-state index contributed by atoms with van der Waals surface area (Å²) in [7, 11) is 0. The molecular weight excluding hydrogens is 833 g/mol. The highest BCUT2D eigenvalue weighted by Gasteiger charge is 2.35. The molecule has 2 nitrogen and oxygen atoms in total. The Hall–Kier alpha value is -7.94. The van der Waals surface area contributed by atoms with Crippen LogP contribution in [0.4, 0.5) is 17.1 Å². The SMILES string of the molecule is CC1(C)c2ccccc2-c2ccc(-c3ccc(N(c4ccccc4-c4ccc5c(c4)c4ccccc4n5-c4ccccc4)c4ccccc4-c4cccc5cccc(C6CCCCC6)c45)cc3)cc21. The van der Waals surface area contributed by atoms with Gasteiger partial charge in [0, 0.05) is 38.7 Å². The van der Waals surface area contributed by atoms with Gasteiger partial charge in [-0.15, -0.1) is 0 Å². The fourth-order valence-electron chi connectivity index (χ4n) is 12.2. The van der Waals surface area contributed by atoms with E-state index in [0.29, 0.717) is 5.92 Å². The maximum absolute atomic E-state index is 2.52. The van der Waals surface area contributed by atoms with Gasteiger partial charge in [-0.2, -0.15) is 0 Å². The summed E-state index contributed by atoms with van der Waals surface area (Å²) < 4.78 is 2.40. The number of anilines is 3. The molecule has 1 fully saturated rings. The Balaban J connectivity index is 0.996. The first-order valence-corrected chi connectivity index (χ1v) is 25.0. The lowest BCUT2D eigenvalue weighted by molar-refractivity contribution is 0.445. The Bertz CT molecular complexity index is 3730. The van der Waals surface area contributed by atoms with Crippen LogP contribution in [0.25, 0.3) is 82.8 Å². The highest BCUT2D eigenvalue weighted by molar-refractivity contribution is 6.11. The lowest BCUT2D eigenvalue weighted by Gasteiger charge is -2.31. The summed E-state index contributed by atoms with van der Waals surface area (Å²) in [6, 6.07) is 84.0. The normalized spacial score (nSPS) is 14.3. The third-order valence-corrected chi connectivity index (χ3v) is 15.6. The van der Waals surface area contributed by atoms with Crippen molar-refractivity contribution < 1.29 is 0 Å². The van der Waals surface area contributed by atoms with E-state index in [1.807, 2.05) is 0 Å². The van der Waals surface area contributed by atoms with E-state index in [1.54, 1.807) is 0 Å². The van der Waals surface area contributed by atoms with Gasteiger partial charge in [-0.3, -0.25) is 0 Å². The van der Waals surface area contributed by atoms with Crippen molar-refractivity contribution in [1.82, 2.24) is 4.57 Å². The highest BCUT2D eigenvalue weighted by Crippen LogP contribution is 2.51. The lowest BCUT2D eigenvalue weighted by atomic mass is 9.80. The summed E-state index contributed by atoms with van der Waals surface area (Å²) >= 11 is 0. The molecule has 1 aromatic heterocycles. The van der Waals surface area contributed by atoms with E-state index in [9.17, 15) is 0 Å². The van der Waals surface area contributed by atoms with Gasteiger partial charge in [-0.05, 0) is 140 Å². The van der Waals surface area contributed by atoms with Crippen LogP contribution in [0.1, 0.15) is 68.6 Å². The molecule has 10 aromatic carbocycles. The van der Waals surface area contributed by atoms with Gasteiger partial charge in [0.2, 0.25) is 0 Å². The van der Waals surface area contributed by atoms with E-state index in [0.717, 1.165) is 22.7 Å². The molecule has 0 saturated heterocycles. The molecule has 0 radical (unpaired) electrons. The fourth-order valence-corrected chi connectivity index (χ4v) is 12.2. The minimum Gasteiger partial charge on any atom is -0.309 e. The number of fused-ring (bicyclic) bond motifs is 7. The zero-order chi connectivity index (χ0) is 46.1. The van der Waals surface area contributed by atoms with Gasteiger partial charge in [-0.25, -0.2) is 0 Å². The molecule has 1 saturated carbocycles. The van der Waals surface area contributed by atoms with E-state index in [1.165, 1.54) is 126 Å². The van der Waals surface area contributed by atoms with Gasteiger partial charge < -0.3 is 9.47 Å². The predicted octanol–water partition coefficient (Wildman–Crippen LogP) is 18.8. The Labute approximate surface area is 405 Å². The van der Waals surface area contributed by atoms with Crippen molar-refractivity contribution in [2.45, 2.75) is 57.3 Å². The molecule has 0 spiro atoms. The van der Waals surface area contributed by atoms with Crippen LogP contribution in [0, 0.1) is 0 Å². The van der Waals surface area contributed by atoms with Crippen molar-refractivity contribution in [2.24, 2.45) is 0 Å². The van der Waals surface area contributed by atoms with Gasteiger partial charge in [0.15, 0.2) is 0 Å². The number of para-hydroxylation sites is 4. The number of aromatic nitrogens is 1. The molecule has 0 atom stereocenters. The quantitative estimate of drug-likeness (QED) is 0.148. The molecule has 1 heterocycles. The van der Waals surface area contributed by atoms with Crippen molar-refractivity contribution in [3.8, 4) is 50.2 Å². The maximum Gasteiger partial charge on any atom is 0.0541 e. The first-order chi connectivity index (χ1) is 34.0. The smallest absolute Gasteiger partial charge is 0.0541 e. The number of hydrogen-bond acceptors (Lipinski definition) is 1. The number of benzene rings is 10. The second kappa shape index (κ2) is 16.7. The number of hydrogen-bond donors (Lipinski definition) is 0. The third kappa shape index (κ3) is 6.84. The standard InChI is InChI=1S/C67H54N2/c1-67(2)60-31-13-9-26-54(60)55-41-37-48(44-61(55)67)45-35-39-51(40-36-45)69(63-33-15-11-27-56(63)58-30-18-22-47-21-17-29-53(66(47)58)46-19-5-3-6-20-46)62-32-14-10-25-52(62)49-38-42-65-59(43-49)57-28-12-16-34-64(57)68(65)50-23-7-4-8-24-50/h4,7-18,21-44,46H,3,5-6,19-20H2,1-2H3. The average Bonchev–Trinajstić information content (AvgIpc) is 3.86. The van der Waals surface area contributed by atoms with Crippen molar-refractivity contribution >= 4 is 49.6 Å². The molecule has 332 valence electrons. The Morgan fingerprint density at radius 2 is 1.03 bits per heavy atom. The molecule has 0 aliphatic heterocycles. The van der Waals surface area contributed by atoms with Gasteiger partial charge in [0.1, 0.15) is 0 Å². The molecule has 0 N–H and O–H groups in total. The topological polar surface area (TPSA) is 8.17 Å². The summed E-state index contributed by atoms with van der Waals surface area (Å²) in [4.78, 5) is 2.52. The zero-order valence-corrected chi connectivity index (χ0v) is 39.4. The first-order valence-electron chi connectivity index (χ1n) is 25.0. The second-order valence-corrected chi connectivity index (χ2v) is 19.9. The molecule has 69 heavy (non-hydrogen) atoms. The summed E-state index contributed by atoms with van der Waals surface area (Å²) in [6.45, 7) is 4.73. The summed E-state index contributed by atoms with van der Waals surface area (Å²) in [5.74, 6) is 0.571. The third-order valence-electron chi connectivity index (χ3n) is 15.6. The summed E-state index contributed by atoms with van der Waals surface area (Å²) in [5, 5.41) is 5.19. The van der Waals surface area contributed by atoms with E-state index in [2.05, 4.69) is 248 Å². The van der Waals surface area contributed by atoms with Crippen molar-refractivity contribution in [2.75, 3.05) is 4.90 Å². The molecule has 0 bridgehead atoms. The van der Waals surface area contributed by atoms with Gasteiger partial charge in [0.25, 0.3) is 0 Å². The zero-order valence-electron chi connectivity index (χ0n) is 39.4. The molecule has 13 rings (SSSR count). The first kappa shape index (κ1) is 41.3. The van der Waals surface area contributed by atoms with Gasteiger partial charge >= 0.3 is 0 Å². The van der Waals surface area contributed by atoms with E-state index >= 15 is 0 Å². The predicted molar refractivity (Wildman–Crippen MR) is 293 cm³/mol. The van der Waals surface area contributed by atoms with Gasteiger partial charge in [-0.1, -0.05) is 197 Å². The average molecular weight is 887 g/mol. The largest absolute Gasteiger partial charge is 0.309 e. The van der Waals surface area contributed by atoms with Crippen LogP contribution in [-0.2, 0) is 5.41 Å². The Morgan fingerprint density at radius 3 is 1.84 bits per heavy atom. The minimum absolute atomic E-state index is 0.0654. The van der Waals surface area contributed by atoms with Crippen LogP contribution in [0.3, 0.4) is 0 Å². The monoisotopic (exact) mass is 886 g/mol. The van der Waals surface area contributed by atoms with Crippen LogP contribution in [0.2, 0.25) is 0 Å². The van der Waals surface area contributed by atoms with Crippen LogP contribution < -0.4 is 4.90 Å². The van der Waals surface area contributed by atoms with E-state index in [4.69, 9.17) is 0 Å². The summed E-state index contributed by atoms with van der Waals surface area (Å²) in [6.07, 6.45) is 6.45. The fraction of sp³-hybridized carbons (Fsp3) is 0.134. The maximum atomic E-state index is 2.52.